The molecule has 3 aromatic rings. The third kappa shape index (κ3) is 3.70. The number of carbonyl (C=O) groups is 2. The van der Waals surface area contributed by atoms with E-state index in [-0.39, 0.29) is 28.7 Å². The van der Waals surface area contributed by atoms with Crippen LogP contribution < -0.4 is 0 Å². The fourth-order valence-electron chi connectivity index (χ4n) is 4.20. The third-order valence-corrected chi connectivity index (χ3v) is 5.55. The highest BCUT2D eigenvalue weighted by Crippen LogP contribution is 2.40. The number of para-hydroxylation sites is 1. The number of hydrogen-bond acceptors (Lipinski definition) is 5. The Balaban J connectivity index is 1.89. The minimum absolute atomic E-state index is 0.194. The Morgan fingerprint density at radius 2 is 1.81 bits per heavy atom. The van der Waals surface area contributed by atoms with Gasteiger partial charge >= 0.3 is 5.97 Å². The largest absolute Gasteiger partial charge is 0.504 e. The van der Waals surface area contributed by atoms with Gasteiger partial charge in [-0.2, -0.15) is 0 Å². The standard InChI is InChI=1S/C25H26N2O5/c1-14(2)32-24(31)17-12-27(23(30)15-9-10-19(28)20(29)11-15)13-25(3,4)21-16-7-5-6-8-18(16)26-22(17)21/h5-12,14,26,28-29H,13H2,1-4H3. The fraction of sp³-hybridized carbons (Fsp3) is 0.280. The molecule has 0 spiro atoms. The number of phenols is 2. The number of aromatic amines is 1. The molecule has 0 atom stereocenters. The first-order valence-electron chi connectivity index (χ1n) is 10.5. The summed E-state index contributed by atoms with van der Waals surface area (Å²) in [5.74, 6) is -1.63. The first-order valence-corrected chi connectivity index (χ1v) is 10.5. The van der Waals surface area contributed by atoms with Gasteiger partial charge in [-0.1, -0.05) is 32.0 Å². The number of carbonyl (C=O) groups excluding carboxylic acids is 2. The normalized spacial score (nSPS) is 15.3. The smallest absolute Gasteiger partial charge is 0.342 e. The van der Waals surface area contributed by atoms with Crippen LogP contribution in [0.15, 0.2) is 48.7 Å². The average molecular weight is 434 g/mol. The molecule has 2 aromatic carbocycles. The van der Waals surface area contributed by atoms with Crippen molar-refractivity contribution in [3.63, 3.8) is 0 Å². The summed E-state index contributed by atoms with van der Waals surface area (Å²) in [6.07, 6.45) is 1.19. The van der Waals surface area contributed by atoms with Gasteiger partial charge in [-0.25, -0.2) is 4.79 Å². The number of aromatic nitrogens is 1. The number of fused-ring (bicyclic) bond motifs is 3. The SMILES string of the molecule is CC(C)OC(=O)C1=CN(C(=O)c2ccc(O)c(O)c2)CC(C)(C)c2c1[nH]c1ccccc21. The van der Waals surface area contributed by atoms with Crippen LogP contribution in [0, 0.1) is 0 Å². The van der Waals surface area contributed by atoms with E-state index in [1.807, 2.05) is 38.1 Å². The molecule has 1 aliphatic heterocycles. The van der Waals surface area contributed by atoms with Crippen molar-refractivity contribution in [2.24, 2.45) is 0 Å². The summed E-state index contributed by atoms with van der Waals surface area (Å²) in [7, 11) is 0. The lowest BCUT2D eigenvalue weighted by Gasteiger charge is -2.29. The molecule has 1 aromatic heterocycles. The van der Waals surface area contributed by atoms with E-state index in [4.69, 9.17) is 4.74 Å². The number of phenolic OH excluding ortho intramolecular Hbond substituents is 2. The van der Waals surface area contributed by atoms with Crippen molar-refractivity contribution in [3.05, 3.63) is 65.5 Å². The number of amides is 1. The number of hydrogen-bond donors (Lipinski definition) is 3. The molecule has 7 heteroatoms. The molecular weight excluding hydrogens is 408 g/mol. The van der Waals surface area contributed by atoms with Gasteiger partial charge in [0, 0.05) is 34.6 Å². The highest BCUT2D eigenvalue weighted by atomic mass is 16.5. The molecule has 2 heterocycles. The van der Waals surface area contributed by atoms with E-state index in [0.29, 0.717) is 12.2 Å². The Labute approximate surface area is 185 Å². The summed E-state index contributed by atoms with van der Waals surface area (Å²) in [6.45, 7) is 7.87. The molecule has 3 N–H and O–H groups in total. The van der Waals surface area contributed by atoms with Crippen LogP contribution in [0.5, 0.6) is 11.5 Å². The first kappa shape index (κ1) is 21.5. The van der Waals surface area contributed by atoms with E-state index in [1.165, 1.54) is 29.3 Å². The van der Waals surface area contributed by atoms with E-state index in [1.54, 1.807) is 13.8 Å². The van der Waals surface area contributed by atoms with Gasteiger partial charge < -0.3 is 24.8 Å². The minimum atomic E-state index is -0.531. The van der Waals surface area contributed by atoms with Crippen molar-refractivity contribution in [3.8, 4) is 11.5 Å². The number of nitrogens with one attached hydrogen (secondary N) is 1. The minimum Gasteiger partial charge on any atom is -0.504 e. The quantitative estimate of drug-likeness (QED) is 0.421. The zero-order valence-corrected chi connectivity index (χ0v) is 18.5. The molecule has 4 rings (SSSR count). The van der Waals surface area contributed by atoms with Crippen LogP contribution in [0.3, 0.4) is 0 Å². The van der Waals surface area contributed by atoms with Gasteiger partial charge in [0.25, 0.3) is 5.91 Å². The summed E-state index contributed by atoms with van der Waals surface area (Å²) in [4.78, 5) is 31.3. The van der Waals surface area contributed by atoms with Crippen LogP contribution >= 0.6 is 0 Å². The maximum Gasteiger partial charge on any atom is 0.342 e. The summed E-state index contributed by atoms with van der Waals surface area (Å²) >= 11 is 0. The molecule has 32 heavy (non-hydrogen) atoms. The average Bonchev–Trinajstić information content (AvgIpc) is 3.06. The molecule has 0 fully saturated rings. The summed E-state index contributed by atoms with van der Waals surface area (Å²) in [5.41, 5.74) is 2.40. The molecule has 166 valence electrons. The van der Waals surface area contributed by atoms with Crippen molar-refractivity contribution < 1.29 is 24.5 Å². The van der Waals surface area contributed by atoms with Crippen molar-refractivity contribution in [1.29, 1.82) is 0 Å². The molecule has 0 saturated heterocycles. The van der Waals surface area contributed by atoms with Gasteiger partial charge in [-0.3, -0.25) is 4.79 Å². The molecule has 1 aliphatic rings. The number of rotatable bonds is 3. The van der Waals surface area contributed by atoms with Gasteiger partial charge in [0.05, 0.1) is 17.4 Å². The number of esters is 1. The van der Waals surface area contributed by atoms with Gasteiger partial charge in [0.1, 0.15) is 0 Å². The molecule has 0 unspecified atom stereocenters. The van der Waals surface area contributed by atoms with Crippen molar-refractivity contribution in [2.75, 3.05) is 6.54 Å². The number of ether oxygens (including phenoxy) is 1. The zero-order valence-electron chi connectivity index (χ0n) is 18.5. The summed E-state index contributed by atoms with van der Waals surface area (Å²) < 4.78 is 5.50. The van der Waals surface area contributed by atoms with Gasteiger partial charge in [0.2, 0.25) is 0 Å². The number of H-pyrrole nitrogens is 1. The van der Waals surface area contributed by atoms with Crippen LogP contribution in [0.2, 0.25) is 0 Å². The molecule has 7 nitrogen and oxygen atoms in total. The van der Waals surface area contributed by atoms with Gasteiger partial charge in [-0.05, 0) is 43.7 Å². The summed E-state index contributed by atoms with van der Waals surface area (Å²) in [5, 5.41) is 20.4. The van der Waals surface area contributed by atoms with E-state index >= 15 is 0 Å². The van der Waals surface area contributed by atoms with E-state index in [9.17, 15) is 19.8 Å². The Hall–Kier alpha value is -3.74. The van der Waals surface area contributed by atoms with Crippen LogP contribution in [-0.2, 0) is 14.9 Å². The second-order valence-electron chi connectivity index (χ2n) is 8.94. The lowest BCUT2D eigenvalue weighted by atomic mass is 9.81. The van der Waals surface area contributed by atoms with Crippen LogP contribution in [0.4, 0.5) is 0 Å². The molecule has 1 amide bonds. The lowest BCUT2D eigenvalue weighted by Crippen LogP contribution is -2.36. The number of benzene rings is 2. The topological polar surface area (TPSA) is 103 Å². The Morgan fingerprint density at radius 3 is 2.50 bits per heavy atom. The van der Waals surface area contributed by atoms with E-state index < -0.39 is 17.3 Å². The molecule has 0 saturated carbocycles. The molecule has 0 bridgehead atoms. The maximum atomic E-state index is 13.4. The van der Waals surface area contributed by atoms with Crippen LogP contribution in [0.25, 0.3) is 16.5 Å². The Kier molecular flexibility index (Phi) is 5.20. The predicted molar refractivity (Wildman–Crippen MR) is 121 cm³/mol. The second kappa shape index (κ2) is 7.75. The highest BCUT2D eigenvalue weighted by molar-refractivity contribution is 6.18. The second-order valence-corrected chi connectivity index (χ2v) is 8.94. The van der Waals surface area contributed by atoms with Gasteiger partial charge in [-0.15, -0.1) is 0 Å². The maximum absolute atomic E-state index is 13.4. The number of aromatic hydroxyl groups is 2. The monoisotopic (exact) mass is 434 g/mol. The third-order valence-electron chi connectivity index (χ3n) is 5.55. The Bertz CT molecular complexity index is 1250. The lowest BCUT2D eigenvalue weighted by molar-refractivity contribution is -0.140. The highest BCUT2D eigenvalue weighted by Gasteiger charge is 2.37. The summed E-state index contributed by atoms with van der Waals surface area (Å²) in [6, 6.07) is 11.7. The fourth-order valence-corrected chi connectivity index (χ4v) is 4.20. The zero-order chi connectivity index (χ0) is 23.2. The van der Waals surface area contributed by atoms with Crippen molar-refractivity contribution in [2.45, 2.75) is 39.2 Å². The first-order chi connectivity index (χ1) is 15.1. The van der Waals surface area contributed by atoms with E-state index in [2.05, 4.69) is 4.98 Å². The van der Waals surface area contributed by atoms with Crippen LogP contribution in [-0.4, -0.2) is 44.6 Å². The molecule has 0 aliphatic carbocycles. The number of nitrogens with zero attached hydrogens (tertiary/aromatic N) is 1. The van der Waals surface area contributed by atoms with E-state index in [0.717, 1.165) is 16.5 Å². The van der Waals surface area contributed by atoms with Crippen molar-refractivity contribution >= 4 is 28.4 Å². The predicted octanol–water partition coefficient (Wildman–Crippen LogP) is 4.31. The van der Waals surface area contributed by atoms with Gasteiger partial charge in [0.15, 0.2) is 11.5 Å². The van der Waals surface area contributed by atoms with Crippen molar-refractivity contribution in [1.82, 2.24) is 9.88 Å². The molecular formula is C25H26N2O5. The molecule has 0 radical (unpaired) electrons. The van der Waals surface area contributed by atoms with Crippen LogP contribution in [0.1, 0.15) is 49.3 Å². The Morgan fingerprint density at radius 1 is 1.09 bits per heavy atom.